The Bertz CT molecular complexity index is 642. The van der Waals surface area contributed by atoms with Gasteiger partial charge in [0.15, 0.2) is 29.1 Å². The second kappa shape index (κ2) is 5.35. The molecule has 1 aromatic carbocycles. The summed E-state index contributed by atoms with van der Waals surface area (Å²) in [6.45, 7) is 1.75. The van der Waals surface area contributed by atoms with Crippen LogP contribution < -0.4 is 0 Å². The zero-order valence-electron chi connectivity index (χ0n) is 10.0. The van der Waals surface area contributed by atoms with Gasteiger partial charge in [0.1, 0.15) is 5.82 Å². The Balaban J connectivity index is 2.80. The highest BCUT2D eigenvalue weighted by Crippen LogP contribution is 2.30. The maximum Gasteiger partial charge on any atom is 0.200 e. The Kier molecular flexibility index (Phi) is 3.94. The van der Waals surface area contributed by atoms with Gasteiger partial charge in [-0.15, -0.1) is 21.8 Å². The van der Waals surface area contributed by atoms with E-state index >= 15 is 0 Å². The van der Waals surface area contributed by atoms with Crippen molar-refractivity contribution in [3.63, 3.8) is 0 Å². The van der Waals surface area contributed by atoms with Crippen molar-refractivity contribution in [1.29, 1.82) is 0 Å². The predicted molar refractivity (Wildman–Crippen MR) is 60.5 cm³/mol. The van der Waals surface area contributed by atoms with E-state index in [0.717, 1.165) is 0 Å². The van der Waals surface area contributed by atoms with Crippen LogP contribution in [0.15, 0.2) is 0 Å². The van der Waals surface area contributed by atoms with E-state index in [-0.39, 0.29) is 18.2 Å². The van der Waals surface area contributed by atoms with Crippen molar-refractivity contribution in [3.05, 3.63) is 34.9 Å². The van der Waals surface area contributed by atoms with Crippen LogP contribution in [0.2, 0.25) is 0 Å². The minimum absolute atomic E-state index is 0.115. The number of halogens is 6. The van der Waals surface area contributed by atoms with Gasteiger partial charge >= 0.3 is 0 Å². The summed E-state index contributed by atoms with van der Waals surface area (Å²) >= 11 is 5.56. The number of alkyl halides is 1. The van der Waals surface area contributed by atoms with Gasteiger partial charge in [-0.05, 0) is 6.92 Å². The van der Waals surface area contributed by atoms with Gasteiger partial charge < -0.3 is 4.57 Å². The third-order valence-corrected chi connectivity index (χ3v) is 2.94. The first-order valence-corrected chi connectivity index (χ1v) is 5.97. The molecule has 0 spiro atoms. The van der Waals surface area contributed by atoms with Gasteiger partial charge in [-0.2, -0.15) is 0 Å². The Labute approximate surface area is 115 Å². The highest BCUT2D eigenvalue weighted by molar-refractivity contribution is 6.16. The molecule has 0 aliphatic carbocycles. The topological polar surface area (TPSA) is 30.7 Å². The Morgan fingerprint density at radius 2 is 1.40 bits per heavy atom. The summed E-state index contributed by atoms with van der Waals surface area (Å²) in [5.74, 6) is -10.6. The number of hydrogen-bond donors (Lipinski definition) is 0. The van der Waals surface area contributed by atoms with Crippen molar-refractivity contribution in [1.82, 2.24) is 14.8 Å². The van der Waals surface area contributed by atoms with Crippen LogP contribution in [-0.4, -0.2) is 14.8 Å². The van der Waals surface area contributed by atoms with Crippen LogP contribution in [0.4, 0.5) is 22.0 Å². The number of hydrogen-bond acceptors (Lipinski definition) is 2. The number of nitrogens with zero attached hydrogens (tertiary/aromatic N) is 3. The first-order chi connectivity index (χ1) is 9.43. The Morgan fingerprint density at radius 3 is 1.85 bits per heavy atom. The Morgan fingerprint density at radius 1 is 0.900 bits per heavy atom. The summed E-state index contributed by atoms with van der Waals surface area (Å²) in [6.07, 6.45) is 0. The standard InChI is InChI=1S/C11H7ClF5N3/c1-2-20-4(3-12)18-19-11(20)5-6(13)8(15)10(17)9(16)7(5)14/h2-3H2,1H3. The van der Waals surface area contributed by atoms with Crippen molar-refractivity contribution >= 4 is 11.6 Å². The molecule has 2 aromatic rings. The highest BCUT2D eigenvalue weighted by Gasteiger charge is 2.29. The molecule has 0 amide bonds. The lowest BCUT2D eigenvalue weighted by atomic mass is 10.1. The van der Waals surface area contributed by atoms with Crippen molar-refractivity contribution in [3.8, 4) is 11.4 Å². The van der Waals surface area contributed by atoms with E-state index < -0.39 is 40.5 Å². The number of aromatic nitrogens is 3. The van der Waals surface area contributed by atoms with Crippen LogP contribution in [-0.2, 0) is 12.4 Å². The minimum atomic E-state index is -2.22. The molecule has 3 nitrogen and oxygen atoms in total. The summed E-state index contributed by atoms with van der Waals surface area (Å²) in [6, 6.07) is 0. The molecule has 108 valence electrons. The third kappa shape index (κ3) is 2.04. The number of benzene rings is 1. The lowest BCUT2D eigenvalue weighted by Crippen LogP contribution is -2.09. The molecule has 2 rings (SSSR count). The molecule has 20 heavy (non-hydrogen) atoms. The average Bonchev–Trinajstić information content (AvgIpc) is 2.86. The van der Waals surface area contributed by atoms with Crippen molar-refractivity contribution in [2.45, 2.75) is 19.3 Å². The van der Waals surface area contributed by atoms with Crippen LogP contribution in [0.1, 0.15) is 12.7 Å². The first-order valence-electron chi connectivity index (χ1n) is 5.43. The number of rotatable bonds is 3. The van der Waals surface area contributed by atoms with Crippen LogP contribution in [0.3, 0.4) is 0 Å². The lowest BCUT2D eigenvalue weighted by Gasteiger charge is -2.09. The quantitative estimate of drug-likeness (QED) is 0.376. The average molecular weight is 312 g/mol. The summed E-state index contributed by atoms with van der Waals surface area (Å²) in [5.41, 5.74) is -1.12. The summed E-state index contributed by atoms with van der Waals surface area (Å²) < 4.78 is 67.8. The second-order valence-electron chi connectivity index (χ2n) is 3.76. The molecule has 0 unspecified atom stereocenters. The van der Waals surface area contributed by atoms with Gasteiger partial charge in [-0.25, -0.2) is 22.0 Å². The minimum Gasteiger partial charge on any atom is -0.310 e. The molecule has 0 N–H and O–H groups in total. The fourth-order valence-corrected chi connectivity index (χ4v) is 1.95. The van der Waals surface area contributed by atoms with Crippen molar-refractivity contribution in [2.24, 2.45) is 0 Å². The van der Waals surface area contributed by atoms with Gasteiger partial charge in [-0.1, -0.05) is 0 Å². The van der Waals surface area contributed by atoms with E-state index in [1.54, 1.807) is 6.92 Å². The second-order valence-corrected chi connectivity index (χ2v) is 4.03. The Hall–Kier alpha value is -1.70. The van der Waals surface area contributed by atoms with E-state index in [9.17, 15) is 22.0 Å². The van der Waals surface area contributed by atoms with E-state index in [0.29, 0.717) is 0 Å². The van der Waals surface area contributed by atoms with E-state index in [1.165, 1.54) is 4.57 Å². The van der Waals surface area contributed by atoms with E-state index in [4.69, 9.17) is 11.6 Å². The molecule has 0 saturated carbocycles. The van der Waals surface area contributed by atoms with Crippen LogP contribution >= 0.6 is 11.6 Å². The largest absolute Gasteiger partial charge is 0.310 e. The molecule has 0 atom stereocenters. The van der Waals surface area contributed by atoms with Crippen LogP contribution in [0, 0.1) is 29.1 Å². The molecular weight excluding hydrogens is 305 g/mol. The monoisotopic (exact) mass is 311 g/mol. The SMILES string of the molecule is CCn1c(CCl)nnc1-c1c(F)c(F)c(F)c(F)c1F. The zero-order valence-corrected chi connectivity index (χ0v) is 10.8. The van der Waals surface area contributed by atoms with E-state index in [2.05, 4.69) is 10.2 Å². The van der Waals surface area contributed by atoms with Gasteiger partial charge in [0.2, 0.25) is 5.82 Å². The lowest BCUT2D eigenvalue weighted by molar-refractivity contribution is 0.380. The molecule has 0 bridgehead atoms. The molecule has 0 fully saturated rings. The maximum atomic E-state index is 13.7. The summed E-state index contributed by atoms with van der Waals surface area (Å²) in [5, 5.41) is 7.01. The molecule has 9 heteroatoms. The van der Waals surface area contributed by atoms with Gasteiger partial charge in [0.05, 0.1) is 11.4 Å². The van der Waals surface area contributed by atoms with Gasteiger partial charge in [0, 0.05) is 6.54 Å². The smallest absolute Gasteiger partial charge is 0.200 e. The first kappa shape index (κ1) is 14.7. The summed E-state index contributed by atoms with van der Waals surface area (Å²) in [7, 11) is 0. The molecule has 1 aromatic heterocycles. The maximum absolute atomic E-state index is 13.7. The van der Waals surface area contributed by atoms with Gasteiger partial charge in [0.25, 0.3) is 0 Å². The van der Waals surface area contributed by atoms with Crippen molar-refractivity contribution in [2.75, 3.05) is 0 Å². The highest BCUT2D eigenvalue weighted by atomic mass is 35.5. The van der Waals surface area contributed by atoms with Crippen LogP contribution in [0.5, 0.6) is 0 Å². The molecular formula is C11H7ClF5N3. The fraction of sp³-hybridized carbons (Fsp3) is 0.273. The molecule has 0 radical (unpaired) electrons. The normalized spacial score (nSPS) is 11.2. The fourth-order valence-electron chi connectivity index (χ4n) is 1.75. The third-order valence-electron chi connectivity index (χ3n) is 2.70. The molecule has 0 aliphatic rings. The van der Waals surface area contributed by atoms with E-state index in [1.807, 2.05) is 0 Å². The van der Waals surface area contributed by atoms with Crippen molar-refractivity contribution < 1.29 is 22.0 Å². The summed E-state index contributed by atoms with van der Waals surface area (Å²) in [4.78, 5) is 0. The van der Waals surface area contributed by atoms with Gasteiger partial charge in [-0.3, -0.25) is 0 Å². The molecule has 1 heterocycles. The molecule has 0 aliphatic heterocycles. The van der Waals surface area contributed by atoms with Crippen LogP contribution in [0.25, 0.3) is 11.4 Å². The molecule has 0 saturated heterocycles. The predicted octanol–water partition coefficient (Wildman–Crippen LogP) is 3.40. The zero-order chi connectivity index (χ0) is 15.0.